The molecule has 0 spiro atoms. The first-order valence-corrected chi connectivity index (χ1v) is 6.62. The van der Waals surface area contributed by atoms with Crippen molar-refractivity contribution in [2.45, 2.75) is 6.92 Å². The number of nitrogen functional groups attached to an aromatic ring is 1. The van der Waals surface area contributed by atoms with Crippen LogP contribution < -0.4 is 10.5 Å². The van der Waals surface area contributed by atoms with E-state index in [1.807, 2.05) is 30.3 Å². The molecule has 3 aromatic rings. The molecule has 0 saturated carbocycles. The predicted molar refractivity (Wildman–Crippen MR) is 85.1 cm³/mol. The minimum atomic E-state index is 0.792. The third-order valence-corrected chi connectivity index (χ3v) is 3.51. The second-order valence-corrected chi connectivity index (χ2v) is 4.99. The fourth-order valence-electron chi connectivity index (χ4n) is 2.67. The first-order chi connectivity index (χ1) is 9.69. The van der Waals surface area contributed by atoms with Crippen molar-refractivity contribution in [2.24, 2.45) is 0 Å². The van der Waals surface area contributed by atoms with Gasteiger partial charge in [0.15, 0.2) is 0 Å². The van der Waals surface area contributed by atoms with Gasteiger partial charge < -0.3 is 10.5 Å². The van der Waals surface area contributed by atoms with Crippen molar-refractivity contribution in [3.8, 4) is 16.9 Å². The van der Waals surface area contributed by atoms with E-state index in [0.29, 0.717) is 0 Å². The first kappa shape index (κ1) is 12.5. The van der Waals surface area contributed by atoms with Crippen molar-refractivity contribution in [3.63, 3.8) is 0 Å². The number of fused-ring (bicyclic) bond motifs is 1. The van der Waals surface area contributed by atoms with E-state index >= 15 is 0 Å². The molecule has 0 aliphatic rings. The number of aryl methyl sites for hydroxylation is 1. The number of ether oxygens (including phenoxy) is 1. The van der Waals surface area contributed by atoms with E-state index in [4.69, 9.17) is 10.5 Å². The Balaban J connectivity index is 2.31. The van der Waals surface area contributed by atoms with Crippen molar-refractivity contribution in [1.29, 1.82) is 0 Å². The molecule has 0 aromatic heterocycles. The Morgan fingerprint density at radius 1 is 0.900 bits per heavy atom. The van der Waals surface area contributed by atoms with Crippen molar-refractivity contribution < 1.29 is 4.74 Å². The molecule has 0 aliphatic heterocycles. The van der Waals surface area contributed by atoms with Crippen LogP contribution >= 0.6 is 0 Å². The van der Waals surface area contributed by atoms with Crippen LogP contribution in [0.3, 0.4) is 0 Å². The van der Waals surface area contributed by atoms with Gasteiger partial charge in [-0.05, 0) is 47.2 Å². The number of hydrogen-bond donors (Lipinski definition) is 1. The highest BCUT2D eigenvalue weighted by molar-refractivity contribution is 6.00. The second kappa shape index (κ2) is 4.89. The molecule has 0 radical (unpaired) electrons. The average molecular weight is 263 g/mol. The Morgan fingerprint density at radius 2 is 1.65 bits per heavy atom. The van der Waals surface area contributed by atoms with Gasteiger partial charge in [0, 0.05) is 11.1 Å². The minimum absolute atomic E-state index is 0.792. The maximum absolute atomic E-state index is 5.97. The standard InChI is InChI=1S/C18H17NO/c1-12-9-13(11-14(19)10-12)15-7-8-18(20-2)17-6-4-3-5-16(15)17/h3-11H,19H2,1-2H3. The number of nitrogens with two attached hydrogens (primary N) is 1. The topological polar surface area (TPSA) is 35.2 Å². The normalized spacial score (nSPS) is 10.7. The fourth-order valence-corrected chi connectivity index (χ4v) is 2.67. The van der Waals surface area contributed by atoms with E-state index < -0.39 is 0 Å². The van der Waals surface area contributed by atoms with E-state index in [1.165, 1.54) is 16.5 Å². The van der Waals surface area contributed by atoms with Gasteiger partial charge in [0.25, 0.3) is 0 Å². The summed E-state index contributed by atoms with van der Waals surface area (Å²) in [5, 5.41) is 2.30. The number of rotatable bonds is 2. The summed E-state index contributed by atoms with van der Waals surface area (Å²) in [6.07, 6.45) is 0. The number of hydrogen-bond acceptors (Lipinski definition) is 2. The highest BCUT2D eigenvalue weighted by Crippen LogP contribution is 2.35. The smallest absolute Gasteiger partial charge is 0.126 e. The van der Waals surface area contributed by atoms with Crippen LogP contribution in [-0.4, -0.2) is 7.11 Å². The maximum Gasteiger partial charge on any atom is 0.126 e. The minimum Gasteiger partial charge on any atom is -0.496 e. The molecule has 0 amide bonds. The lowest BCUT2D eigenvalue weighted by Gasteiger charge is -2.12. The zero-order valence-electron chi connectivity index (χ0n) is 11.7. The van der Waals surface area contributed by atoms with Crippen LogP contribution in [0, 0.1) is 6.92 Å². The van der Waals surface area contributed by atoms with Crippen LogP contribution in [0.2, 0.25) is 0 Å². The van der Waals surface area contributed by atoms with Gasteiger partial charge in [-0.2, -0.15) is 0 Å². The van der Waals surface area contributed by atoms with E-state index in [1.54, 1.807) is 7.11 Å². The Bertz CT molecular complexity index is 757. The fraction of sp³-hybridized carbons (Fsp3) is 0.111. The monoisotopic (exact) mass is 263 g/mol. The summed E-state index contributed by atoms with van der Waals surface area (Å²) in [6.45, 7) is 2.06. The van der Waals surface area contributed by atoms with Gasteiger partial charge in [0.1, 0.15) is 5.75 Å². The molecular weight excluding hydrogens is 246 g/mol. The summed E-state index contributed by atoms with van der Waals surface area (Å²) in [5.74, 6) is 0.893. The van der Waals surface area contributed by atoms with Gasteiger partial charge in [0.2, 0.25) is 0 Å². The third-order valence-electron chi connectivity index (χ3n) is 3.51. The summed E-state index contributed by atoms with van der Waals surface area (Å²) < 4.78 is 5.44. The molecule has 0 saturated heterocycles. The van der Waals surface area contributed by atoms with Crippen molar-refractivity contribution in [3.05, 3.63) is 60.2 Å². The molecule has 0 aliphatic carbocycles. The molecule has 0 fully saturated rings. The van der Waals surface area contributed by atoms with Crippen LogP contribution in [0.5, 0.6) is 5.75 Å². The Hall–Kier alpha value is -2.48. The van der Waals surface area contributed by atoms with E-state index in [2.05, 4.69) is 31.2 Å². The third kappa shape index (κ3) is 2.10. The van der Waals surface area contributed by atoms with Gasteiger partial charge in [-0.25, -0.2) is 0 Å². The van der Waals surface area contributed by atoms with Crippen LogP contribution in [0.15, 0.2) is 54.6 Å². The lowest BCUT2D eigenvalue weighted by atomic mass is 9.96. The van der Waals surface area contributed by atoms with Crippen LogP contribution in [0.4, 0.5) is 5.69 Å². The summed E-state index contributed by atoms with van der Waals surface area (Å²) in [5.41, 5.74) is 10.2. The molecule has 100 valence electrons. The van der Waals surface area contributed by atoms with Crippen LogP contribution in [-0.2, 0) is 0 Å². The molecule has 0 atom stereocenters. The highest BCUT2D eigenvalue weighted by atomic mass is 16.5. The quantitative estimate of drug-likeness (QED) is 0.695. The summed E-state index contributed by atoms with van der Waals surface area (Å²) in [6, 6.07) is 18.5. The highest BCUT2D eigenvalue weighted by Gasteiger charge is 2.08. The molecule has 0 heterocycles. The van der Waals surface area contributed by atoms with Crippen LogP contribution in [0.1, 0.15) is 5.56 Å². The second-order valence-electron chi connectivity index (χ2n) is 4.99. The molecule has 0 bridgehead atoms. The summed E-state index contributed by atoms with van der Waals surface area (Å²) >= 11 is 0. The summed E-state index contributed by atoms with van der Waals surface area (Å²) in [7, 11) is 1.70. The van der Waals surface area contributed by atoms with E-state index in [-0.39, 0.29) is 0 Å². The van der Waals surface area contributed by atoms with Gasteiger partial charge in [-0.15, -0.1) is 0 Å². The lowest BCUT2D eigenvalue weighted by Crippen LogP contribution is -1.90. The van der Waals surface area contributed by atoms with E-state index in [0.717, 1.165) is 22.4 Å². The number of anilines is 1. The zero-order chi connectivity index (χ0) is 14.1. The van der Waals surface area contributed by atoms with Crippen molar-refractivity contribution >= 4 is 16.5 Å². The Morgan fingerprint density at radius 3 is 2.35 bits per heavy atom. The van der Waals surface area contributed by atoms with Gasteiger partial charge >= 0.3 is 0 Å². The Labute approximate surface area is 118 Å². The molecule has 3 rings (SSSR count). The first-order valence-electron chi connectivity index (χ1n) is 6.62. The molecule has 0 unspecified atom stereocenters. The molecule has 3 aromatic carbocycles. The van der Waals surface area contributed by atoms with E-state index in [9.17, 15) is 0 Å². The maximum atomic E-state index is 5.97. The van der Waals surface area contributed by atoms with Crippen LogP contribution in [0.25, 0.3) is 21.9 Å². The van der Waals surface area contributed by atoms with Crippen molar-refractivity contribution in [1.82, 2.24) is 0 Å². The average Bonchev–Trinajstić information content (AvgIpc) is 2.45. The van der Waals surface area contributed by atoms with Gasteiger partial charge in [-0.3, -0.25) is 0 Å². The molecule has 2 nitrogen and oxygen atoms in total. The molecule has 2 heteroatoms. The molecule has 2 N–H and O–H groups in total. The SMILES string of the molecule is COc1ccc(-c2cc(C)cc(N)c2)c2ccccc12. The number of benzene rings is 3. The largest absolute Gasteiger partial charge is 0.496 e. The van der Waals surface area contributed by atoms with Gasteiger partial charge in [-0.1, -0.05) is 36.4 Å². The lowest BCUT2D eigenvalue weighted by molar-refractivity contribution is 0.420. The van der Waals surface area contributed by atoms with Crippen molar-refractivity contribution in [2.75, 3.05) is 12.8 Å². The molecule has 20 heavy (non-hydrogen) atoms. The van der Waals surface area contributed by atoms with Gasteiger partial charge in [0.05, 0.1) is 7.11 Å². The number of methoxy groups -OCH3 is 1. The zero-order valence-corrected chi connectivity index (χ0v) is 11.7. The summed E-state index contributed by atoms with van der Waals surface area (Å²) in [4.78, 5) is 0. The predicted octanol–water partition coefficient (Wildman–Crippen LogP) is 4.41. The molecular formula is C18H17NO. The Kier molecular flexibility index (Phi) is 3.07.